The summed E-state index contributed by atoms with van der Waals surface area (Å²) in [6.45, 7) is 0.852. The van der Waals surface area contributed by atoms with E-state index in [1.807, 2.05) is 11.4 Å². The molecule has 0 spiro atoms. The Morgan fingerprint density at radius 1 is 1.26 bits per heavy atom. The fraction of sp³-hybridized carbons (Fsp3) is 0.222. The molecule has 0 bridgehead atoms. The number of fused-ring (bicyclic) bond motifs is 2. The molecule has 0 atom stereocenters. The van der Waals surface area contributed by atoms with Gasteiger partial charge in [0, 0.05) is 40.2 Å². The van der Waals surface area contributed by atoms with Crippen molar-refractivity contribution in [3.05, 3.63) is 61.1 Å². The summed E-state index contributed by atoms with van der Waals surface area (Å²) < 4.78 is 5.92. The van der Waals surface area contributed by atoms with Gasteiger partial charge in [0.15, 0.2) is 6.61 Å². The number of rotatable bonds is 4. The van der Waals surface area contributed by atoms with Crippen molar-refractivity contribution in [3.8, 4) is 0 Å². The molecule has 3 aromatic rings. The molecule has 0 fully saturated rings. The van der Waals surface area contributed by atoms with E-state index in [1.165, 1.54) is 28.3 Å². The molecule has 1 aliphatic heterocycles. The molecule has 1 aliphatic rings. The van der Waals surface area contributed by atoms with Gasteiger partial charge in [-0.05, 0) is 35.6 Å². The van der Waals surface area contributed by atoms with Crippen molar-refractivity contribution in [2.45, 2.75) is 13.0 Å². The van der Waals surface area contributed by atoms with Gasteiger partial charge in [0.1, 0.15) is 4.88 Å². The first-order chi connectivity index (χ1) is 13.0. The van der Waals surface area contributed by atoms with Crippen molar-refractivity contribution in [2.24, 2.45) is 0 Å². The number of hydrogen-bond donors (Lipinski definition) is 0. The van der Waals surface area contributed by atoms with Crippen molar-refractivity contribution in [1.29, 1.82) is 0 Å². The van der Waals surface area contributed by atoms with Crippen LogP contribution in [0, 0.1) is 10.1 Å². The molecule has 2 aromatic heterocycles. The molecular formula is C18H14N2O5S2. The second-order valence-electron chi connectivity index (χ2n) is 6.10. The van der Waals surface area contributed by atoms with Crippen molar-refractivity contribution < 1.29 is 19.2 Å². The predicted molar refractivity (Wildman–Crippen MR) is 102 cm³/mol. The maximum Gasteiger partial charge on any atom is 0.348 e. The van der Waals surface area contributed by atoms with E-state index in [4.69, 9.17) is 4.74 Å². The molecule has 1 amide bonds. The lowest BCUT2D eigenvalue weighted by molar-refractivity contribution is -0.384. The van der Waals surface area contributed by atoms with Gasteiger partial charge in [0.05, 0.1) is 4.92 Å². The number of non-ortho nitro benzene ring substituents is 1. The minimum Gasteiger partial charge on any atom is -0.451 e. The average Bonchev–Trinajstić information content (AvgIpc) is 3.30. The van der Waals surface area contributed by atoms with E-state index in [9.17, 15) is 19.7 Å². The highest BCUT2D eigenvalue weighted by atomic mass is 32.1. The van der Waals surface area contributed by atoms with Crippen LogP contribution in [0.25, 0.3) is 10.1 Å². The number of carbonyl (C=O) groups excluding carboxylic acids is 2. The maximum atomic E-state index is 12.3. The largest absolute Gasteiger partial charge is 0.451 e. The van der Waals surface area contributed by atoms with Crippen LogP contribution < -0.4 is 0 Å². The summed E-state index contributed by atoms with van der Waals surface area (Å²) in [5, 5.41) is 13.5. The first kappa shape index (κ1) is 17.6. The molecule has 0 saturated heterocycles. The number of esters is 1. The summed E-state index contributed by atoms with van der Waals surface area (Å²) in [4.78, 5) is 38.3. The topological polar surface area (TPSA) is 89.8 Å². The third kappa shape index (κ3) is 3.56. The Labute approximate surface area is 161 Å². The number of thiophene rings is 2. The Hall–Kier alpha value is -2.78. The zero-order chi connectivity index (χ0) is 19.0. The molecule has 0 N–H and O–H groups in total. The van der Waals surface area contributed by atoms with Crippen LogP contribution in [0.15, 0.2) is 35.7 Å². The maximum absolute atomic E-state index is 12.3. The molecule has 4 rings (SSSR count). The standard InChI is InChI=1S/C18H14N2O5S2/c21-17(19-5-3-14-11(9-19)4-6-26-14)10-25-18(22)16-8-12-7-13(20(23)24)1-2-15(12)27-16/h1-2,4,6-8H,3,5,9-10H2. The highest BCUT2D eigenvalue weighted by molar-refractivity contribution is 7.20. The zero-order valence-electron chi connectivity index (χ0n) is 14.0. The zero-order valence-corrected chi connectivity index (χ0v) is 15.7. The minimum absolute atomic E-state index is 0.0340. The highest BCUT2D eigenvalue weighted by Crippen LogP contribution is 2.29. The van der Waals surface area contributed by atoms with Crippen LogP contribution in [-0.2, 0) is 22.5 Å². The van der Waals surface area contributed by atoms with Crippen LogP contribution >= 0.6 is 22.7 Å². The third-order valence-corrected chi connectivity index (χ3v) is 6.52. The summed E-state index contributed by atoms with van der Waals surface area (Å²) >= 11 is 2.88. The van der Waals surface area contributed by atoms with Gasteiger partial charge in [0.2, 0.25) is 0 Å². The van der Waals surface area contributed by atoms with E-state index < -0.39 is 10.9 Å². The molecule has 0 unspecified atom stereocenters. The highest BCUT2D eigenvalue weighted by Gasteiger charge is 2.23. The molecule has 138 valence electrons. The SMILES string of the molecule is O=C(OCC(=O)N1CCc2sccc2C1)c1cc2cc([N+](=O)[O-])ccc2s1. The number of ether oxygens (including phenoxy) is 1. The third-order valence-electron chi connectivity index (χ3n) is 4.40. The van der Waals surface area contributed by atoms with Gasteiger partial charge in [-0.25, -0.2) is 4.79 Å². The van der Waals surface area contributed by atoms with E-state index in [0.717, 1.165) is 16.7 Å². The molecule has 27 heavy (non-hydrogen) atoms. The van der Waals surface area contributed by atoms with E-state index in [2.05, 4.69) is 0 Å². The average molecular weight is 402 g/mol. The van der Waals surface area contributed by atoms with Gasteiger partial charge in [-0.3, -0.25) is 14.9 Å². The first-order valence-corrected chi connectivity index (χ1v) is 9.89. The summed E-state index contributed by atoms with van der Waals surface area (Å²) in [5.41, 5.74) is 1.12. The van der Waals surface area contributed by atoms with E-state index >= 15 is 0 Å². The number of hydrogen-bond acceptors (Lipinski definition) is 7. The van der Waals surface area contributed by atoms with Crippen LogP contribution in [0.5, 0.6) is 0 Å². The quantitative estimate of drug-likeness (QED) is 0.378. The van der Waals surface area contributed by atoms with Crippen molar-refractivity contribution in [3.63, 3.8) is 0 Å². The van der Waals surface area contributed by atoms with Gasteiger partial charge in [-0.15, -0.1) is 22.7 Å². The van der Waals surface area contributed by atoms with Gasteiger partial charge < -0.3 is 9.64 Å². The van der Waals surface area contributed by atoms with Crippen LogP contribution in [-0.4, -0.2) is 34.9 Å². The molecule has 9 heteroatoms. The molecule has 0 radical (unpaired) electrons. The lowest BCUT2D eigenvalue weighted by Crippen LogP contribution is -2.38. The van der Waals surface area contributed by atoms with Gasteiger partial charge in [-0.2, -0.15) is 0 Å². The van der Waals surface area contributed by atoms with Crippen LogP contribution in [0.4, 0.5) is 5.69 Å². The Morgan fingerprint density at radius 3 is 2.93 bits per heavy atom. The Bertz CT molecular complexity index is 1060. The van der Waals surface area contributed by atoms with Crippen LogP contribution in [0.2, 0.25) is 0 Å². The summed E-state index contributed by atoms with van der Waals surface area (Å²) in [7, 11) is 0. The van der Waals surface area contributed by atoms with Crippen LogP contribution in [0.1, 0.15) is 20.1 Å². The molecule has 1 aromatic carbocycles. The lowest BCUT2D eigenvalue weighted by atomic mass is 10.1. The van der Waals surface area contributed by atoms with Crippen LogP contribution in [0.3, 0.4) is 0 Å². The Kier molecular flexibility index (Phi) is 4.63. The normalized spacial score (nSPS) is 13.4. The smallest absolute Gasteiger partial charge is 0.348 e. The van der Waals surface area contributed by atoms with Gasteiger partial charge in [0.25, 0.3) is 11.6 Å². The Morgan fingerprint density at radius 2 is 2.11 bits per heavy atom. The monoisotopic (exact) mass is 402 g/mol. The summed E-state index contributed by atoms with van der Waals surface area (Å²) in [6, 6.07) is 7.98. The van der Waals surface area contributed by atoms with E-state index in [0.29, 0.717) is 23.4 Å². The lowest BCUT2D eigenvalue weighted by Gasteiger charge is -2.26. The fourth-order valence-corrected chi connectivity index (χ4v) is 4.82. The molecule has 3 heterocycles. The molecule has 7 nitrogen and oxygen atoms in total. The van der Waals surface area contributed by atoms with E-state index in [1.54, 1.807) is 28.4 Å². The number of nitro benzene ring substituents is 1. The van der Waals surface area contributed by atoms with Gasteiger partial charge >= 0.3 is 5.97 Å². The minimum atomic E-state index is -0.597. The van der Waals surface area contributed by atoms with E-state index in [-0.39, 0.29) is 18.2 Å². The molecule has 0 saturated carbocycles. The summed E-state index contributed by atoms with van der Waals surface area (Å²) in [5.74, 6) is -0.822. The Balaban J connectivity index is 1.40. The predicted octanol–water partition coefficient (Wildman–Crippen LogP) is 3.61. The number of carbonyl (C=O) groups is 2. The fourth-order valence-electron chi connectivity index (χ4n) is 3.00. The first-order valence-electron chi connectivity index (χ1n) is 8.19. The number of amides is 1. The van der Waals surface area contributed by atoms with Crippen molar-refractivity contribution >= 4 is 50.3 Å². The van der Waals surface area contributed by atoms with Crippen molar-refractivity contribution in [1.82, 2.24) is 4.90 Å². The second kappa shape index (κ2) is 7.09. The number of benzene rings is 1. The van der Waals surface area contributed by atoms with Crippen molar-refractivity contribution in [2.75, 3.05) is 13.2 Å². The second-order valence-corrected chi connectivity index (χ2v) is 8.18. The number of nitro groups is 1. The summed E-state index contributed by atoms with van der Waals surface area (Å²) in [6.07, 6.45) is 0.821. The molecular weight excluding hydrogens is 388 g/mol. The van der Waals surface area contributed by atoms with Gasteiger partial charge in [-0.1, -0.05) is 0 Å². The molecule has 0 aliphatic carbocycles. The number of nitrogens with zero attached hydrogens (tertiary/aromatic N) is 2.